The maximum atomic E-state index is 5.74. The van der Waals surface area contributed by atoms with E-state index in [9.17, 15) is 0 Å². The minimum atomic E-state index is 0.499. The maximum absolute atomic E-state index is 5.74. The summed E-state index contributed by atoms with van der Waals surface area (Å²) in [6.45, 7) is 10.8. The molecule has 4 nitrogen and oxygen atoms in total. The Morgan fingerprint density at radius 1 is 1.48 bits per heavy atom. The van der Waals surface area contributed by atoms with E-state index in [2.05, 4.69) is 33.3 Å². The van der Waals surface area contributed by atoms with Gasteiger partial charge in [0.25, 0.3) is 0 Å². The molecule has 0 fully saturated rings. The molecule has 2 aromatic heterocycles. The number of hydrogen-bond acceptors (Lipinski definition) is 4. The first-order valence-corrected chi connectivity index (χ1v) is 7.63. The van der Waals surface area contributed by atoms with Crippen LogP contribution in [0.2, 0.25) is 0 Å². The van der Waals surface area contributed by atoms with Crippen molar-refractivity contribution in [2.24, 2.45) is 0 Å². The largest absolute Gasteiger partial charge is 0.369 e. The molecule has 0 spiro atoms. The first kappa shape index (κ1) is 14.0. The van der Waals surface area contributed by atoms with E-state index in [1.54, 1.807) is 17.4 Å². The predicted molar refractivity (Wildman–Crippen MR) is 84.6 cm³/mol. The summed E-state index contributed by atoms with van der Waals surface area (Å²) in [5.74, 6) is 1.76. The van der Waals surface area contributed by atoms with E-state index in [1.165, 1.54) is 16.1 Å². The molecule has 0 saturated carbocycles. The maximum Gasteiger partial charge on any atom is 0.164 e. The van der Waals surface area contributed by atoms with E-state index in [0.717, 1.165) is 23.6 Å². The number of aromatic nitrogens is 3. The number of fused-ring (bicyclic) bond motifs is 3. The summed E-state index contributed by atoms with van der Waals surface area (Å²) in [6, 6.07) is 0. The molecule has 0 radical (unpaired) electrons. The first-order valence-electron chi connectivity index (χ1n) is 6.76. The average Bonchev–Trinajstić information content (AvgIpc) is 2.95. The second-order valence-electron chi connectivity index (χ2n) is 4.97. The molecule has 0 atom stereocenters. The molecule has 0 amide bonds. The smallest absolute Gasteiger partial charge is 0.164 e. The summed E-state index contributed by atoms with van der Waals surface area (Å²) in [7, 11) is 0. The van der Waals surface area contributed by atoms with E-state index >= 15 is 0 Å². The highest BCUT2D eigenvalue weighted by molar-refractivity contribution is 7.12. The van der Waals surface area contributed by atoms with Crippen LogP contribution in [-0.4, -0.2) is 14.8 Å². The van der Waals surface area contributed by atoms with Crippen molar-refractivity contribution >= 4 is 11.3 Å². The van der Waals surface area contributed by atoms with Crippen LogP contribution in [0.4, 0.5) is 0 Å². The first-order chi connectivity index (χ1) is 10.2. The zero-order chi connectivity index (χ0) is 14.8. The van der Waals surface area contributed by atoms with E-state index < -0.39 is 0 Å². The Bertz CT molecular complexity index is 724. The van der Waals surface area contributed by atoms with Crippen LogP contribution in [0.5, 0.6) is 0 Å². The lowest BCUT2D eigenvalue weighted by atomic mass is 10.0. The lowest BCUT2D eigenvalue weighted by Gasteiger charge is -2.06. The molecule has 3 heterocycles. The molecule has 5 heteroatoms. The van der Waals surface area contributed by atoms with E-state index in [4.69, 9.17) is 4.74 Å². The molecular weight excluding hydrogens is 282 g/mol. The van der Waals surface area contributed by atoms with Crippen molar-refractivity contribution in [2.45, 2.75) is 26.6 Å². The van der Waals surface area contributed by atoms with Gasteiger partial charge in [-0.3, -0.25) is 4.57 Å². The fraction of sp³-hybridized carbons (Fsp3) is 0.250. The molecule has 1 aliphatic rings. The molecule has 0 saturated heterocycles. The third-order valence-corrected chi connectivity index (χ3v) is 4.47. The number of thiophene rings is 1. The van der Waals surface area contributed by atoms with Crippen molar-refractivity contribution in [3.05, 3.63) is 65.1 Å². The Balaban J connectivity index is 1.96. The summed E-state index contributed by atoms with van der Waals surface area (Å²) < 4.78 is 7.84. The molecule has 3 rings (SSSR count). The summed E-state index contributed by atoms with van der Waals surface area (Å²) in [5, 5.41) is 11.7. The molecule has 0 bridgehead atoms. The number of allylic oxidation sites excluding steroid dienone is 4. The van der Waals surface area contributed by atoms with Crippen molar-refractivity contribution in [3.8, 4) is 5.00 Å². The van der Waals surface area contributed by atoms with Gasteiger partial charge < -0.3 is 4.74 Å². The summed E-state index contributed by atoms with van der Waals surface area (Å²) in [6.07, 6.45) is 6.47. The van der Waals surface area contributed by atoms with Gasteiger partial charge in [-0.05, 0) is 24.3 Å². The minimum Gasteiger partial charge on any atom is -0.369 e. The highest BCUT2D eigenvalue weighted by Gasteiger charge is 2.22. The SMILES string of the molecule is C=C/C=C\C(=C)Cc1csc2c1COCc1nnc(C)n1-2. The van der Waals surface area contributed by atoms with Gasteiger partial charge in [-0.1, -0.05) is 37.0 Å². The number of hydrogen-bond donors (Lipinski definition) is 0. The van der Waals surface area contributed by atoms with Crippen LogP contribution >= 0.6 is 11.3 Å². The van der Waals surface area contributed by atoms with Crippen LogP contribution in [0.15, 0.2) is 42.3 Å². The molecule has 21 heavy (non-hydrogen) atoms. The van der Waals surface area contributed by atoms with Gasteiger partial charge in [-0.15, -0.1) is 21.5 Å². The van der Waals surface area contributed by atoms with Crippen molar-refractivity contribution < 1.29 is 4.74 Å². The topological polar surface area (TPSA) is 39.9 Å². The van der Waals surface area contributed by atoms with Gasteiger partial charge >= 0.3 is 0 Å². The quantitative estimate of drug-likeness (QED) is 0.811. The van der Waals surface area contributed by atoms with Gasteiger partial charge in [0.05, 0.1) is 6.61 Å². The highest BCUT2D eigenvalue weighted by Crippen LogP contribution is 2.32. The molecule has 108 valence electrons. The van der Waals surface area contributed by atoms with Gasteiger partial charge in [-0.2, -0.15) is 0 Å². The lowest BCUT2D eigenvalue weighted by molar-refractivity contribution is 0.104. The average molecular weight is 299 g/mol. The third-order valence-electron chi connectivity index (χ3n) is 3.42. The van der Waals surface area contributed by atoms with Crippen LogP contribution in [0, 0.1) is 6.92 Å². The van der Waals surface area contributed by atoms with Gasteiger partial charge in [0.1, 0.15) is 17.4 Å². The second kappa shape index (κ2) is 5.79. The zero-order valence-electron chi connectivity index (χ0n) is 12.0. The van der Waals surface area contributed by atoms with Crippen molar-refractivity contribution in [2.75, 3.05) is 0 Å². The molecule has 2 aromatic rings. The Morgan fingerprint density at radius 2 is 2.33 bits per heavy atom. The minimum absolute atomic E-state index is 0.499. The summed E-state index contributed by atoms with van der Waals surface area (Å²) in [4.78, 5) is 0. The third kappa shape index (κ3) is 2.62. The van der Waals surface area contributed by atoms with Crippen molar-refractivity contribution in [3.63, 3.8) is 0 Å². The van der Waals surface area contributed by atoms with Crippen molar-refractivity contribution in [1.29, 1.82) is 0 Å². The monoisotopic (exact) mass is 299 g/mol. The van der Waals surface area contributed by atoms with E-state index in [0.29, 0.717) is 13.2 Å². The van der Waals surface area contributed by atoms with E-state index in [-0.39, 0.29) is 0 Å². The van der Waals surface area contributed by atoms with Gasteiger partial charge in [0.15, 0.2) is 5.82 Å². The van der Waals surface area contributed by atoms with E-state index in [1.807, 2.05) is 19.1 Å². The Morgan fingerprint density at radius 3 is 3.14 bits per heavy atom. The van der Waals surface area contributed by atoms with Crippen LogP contribution in [0.1, 0.15) is 22.8 Å². The van der Waals surface area contributed by atoms with Gasteiger partial charge in [-0.25, -0.2) is 0 Å². The fourth-order valence-electron chi connectivity index (χ4n) is 2.41. The van der Waals surface area contributed by atoms with Crippen LogP contribution in [0.3, 0.4) is 0 Å². The number of ether oxygens (including phenoxy) is 1. The Hall–Kier alpha value is -1.98. The predicted octanol–water partition coefficient (Wildman–Crippen LogP) is 3.51. The fourth-order valence-corrected chi connectivity index (χ4v) is 3.57. The lowest BCUT2D eigenvalue weighted by Crippen LogP contribution is -2.00. The number of aryl methyl sites for hydroxylation is 1. The van der Waals surface area contributed by atoms with Crippen LogP contribution in [-0.2, 0) is 24.4 Å². The standard InChI is InChI=1S/C16H17N3OS/c1-4-5-6-11(2)7-13-10-21-16-14(13)8-20-9-15-18-17-12(3)19(15)16/h4-6,10H,1-2,7-9H2,3H3/b6-5-. The molecule has 0 N–H and O–H groups in total. The summed E-state index contributed by atoms with van der Waals surface area (Å²) >= 11 is 1.71. The van der Waals surface area contributed by atoms with Crippen LogP contribution in [0.25, 0.3) is 5.00 Å². The van der Waals surface area contributed by atoms with Crippen LogP contribution < -0.4 is 0 Å². The summed E-state index contributed by atoms with van der Waals surface area (Å²) in [5.41, 5.74) is 3.53. The van der Waals surface area contributed by atoms with Gasteiger partial charge in [0, 0.05) is 5.56 Å². The molecule has 1 aliphatic heterocycles. The molecular formula is C16H17N3OS. The van der Waals surface area contributed by atoms with Crippen molar-refractivity contribution in [1.82, 2.24) is 14.8 Å². The Kier molecular flexibility index (Phi) is 3.86. The normalized spacial score (nSPS) is 13.8. The zero-order valence-corrected chi connectivity index (χ0v) is 12.8. The number of rotatable bonds is 4. The second-order valence-corrected chi connectivity index (χ2v) is 5.82. The molecule has 0 aliphatic carbocycles. The Labute approximate surface area is 128 Å². The highest BCUT2D eigenvalue weighted by atomic mass is 32.1. The molecule has 0 aromatic carbocycles. The number of nitrogens with zero attached hydrogens (tertiary/aromatic N) is 3. The van der Waals surface area contributed by atoms with Gasteiger partial charge in [0.2, 0.25) is 0 Å². The molecule has 0 unspecified atom stereocenters.